The van der Waals surface area contributed by atoms with Crippen molar-refractivity contribution < 1.29 is 13.9 Å². The van der Waals surface area contributed by atoms with Gasteiger partial charge in [-0.15, -0.1) is 0 Å². The lowest BCUT2D eigenvalue weighted by Crippen LogP contribution is -2.31. The molecule has 26 heavy (non-hydrogen) atoms. The molecule has 0 amide bonds. The molecule has 0 unspecified atom stereocenters. The smallest absolute Gasteiger partial charge is 0.346 e. The van der Waals surface area contributed by atoms with Crippen molar-refractivity contribution in [3.05, 3.63) is 39.8 Å². The number of aromatic nitrogens is 3. The fraction of sp³-hybridized carbons (Fsp3) is 0.556. The van der Waals surface area contributed by atoms with Gasteiger partial charge in [-0.2, -0.15) is 5.10 Å². The highest BCUT2D eigenvalue weighted by molar-refractivity contribution is 5.43. The number of ether oxygens (including phenoxy) is 2. The number of benzene rings is 1. The standard InChI is InChI=1S/C18H25FN4O3/c1-4-22-17(12-6-5-7-20-10-12)21-23(18(22)24)11-13-8-15(25-2)16(26-3)9-14(13)19/h8-9,12,20H,4-7,10-11H2,1-3H3/t12-/m1/s1. The van der Waals surface area contributed by atoms with Crippen LogP contribution in [0.4, 0.5) is 4.39 Å². The summed E-state index contributed by atoms with van der Waals surface area (Å²) in [5, 5.41) is 7.87. The molecule has 0 spiro atoms. The average Bonchev–Trinajstić information content (AvgIpc) is 2.99. The Balaban J connectivity index is 1.95. The molecule has 3 rings (SSSR count). The minimum Gasteiger partial charge on any atom is -0.493 e. The Morgan fingerprint density at radius 3 is 2.65 bits per heavy atom. The van der Waals surface area contributed by atoms with Gasteiger partial charge in [-0.3, -0.25) is 4.57 Å². The molecular formula is C18H25FN4O3. The van der Waals surface area contributed by atoms with Crippen molar-refractivity contribution in [2.45, 2.75) is 38.8 Å². The van der Waals surface area contributed by atoms with E-state index in [0.717, 1.165) is 31.8 Å². The summed E-state index contributed by atoms with van der Waals surface area (Å²) in [6.45, 7) is 4.31. The lowest BCUT2D eigenvalue weighted by atomic mass is 9.99. The summed E-state index contributed by atoms with van der Waals surface area (Å²) in [7, 11) is 2.95. The van der Waals surface area contributed by atoms with Crippen LogP contribution >= 0.6 is 0 Å². The van der Waals surface area contributed by atoms with Gasteiger partial charge in [0.25, 0.3) is 0 Å². The molecule has 7 nitrogen and oxygen atoms in total. The zero-order valence-corrected chi connectivity index (χ0v) is 15.4. The first kappa shape index (κ1) is 18.4. The van der Waals surface area contributed by atoms with Crippen LogP contribution in [0.25, 0.3) is 0 Å². The molecule has 0 bridgehead atoms. The third-order valence-corrected chi connectivity index (χ3v) is 4.80. The Hall–Kier alpha value is -2.35. The van der Waals surface area contributed by atoms with E-state index >= 15 is 0 Å². The van der Waals surface area contributed by atoms with E-state index in [1.54, 1.807) is 10.6 Å². The van der Waals surface area contributed by atoms with Crippen molar-refractivity contribution in [3.63, 3.8) is 0 Å². The number of nitrogens with zero attached hydrogens (tertiary/aromatic N) is 3. The van der Waals surface area contributed by atoms with Gasteiger partial charge in [0.1, 0.15) is 11.6 Å². The van der Waals surface area contributed by atoms with Crippen molar-refractivity contribution in [1.82, 2.24) is 19.7 Å². The minimum atomic E-state index is -0.457. The summed E-state index contributed by atoms with van der Waals surface area (Å²) < 4.78 is 27.8. The molecule has 1 aliphatic rings. The molecule has 2 aromatic rings. The normalized spacial score (nSPS) is 17.3. The van der Waals surface area contributed by atoms with Crippen LogP contribution in [0.3, 0.4) is 0 Å². The van der Waals surface area contributed by atoms with Gasteiger partial charge >= 0.3 is 5.69 Å². The van der Waals surface area contributed by atoms with Crippen molar-refractivity contribution in [3.8, 4) is 11.5 Å². The summed E-state index contributed by atoms with van der Waals surface area (Å²) >= 11 is 0. The largest absolute Gasteiger partial charge is 0.493 e. The first-order valence-corrected chi connectivity index (χ1v) is 8.87. The Bertz CT molecular complexity index is 825. The molecule has 1 aromatic carbocycles. The van der Waals surface area contributed by atoms with Gasteiger partial charge in [-0.25, -0.2) is 13.9 Å². The van der Waals surface area contributed by atoms with Crippen LogP contribution in [0.1, 0.15) is 37.1 Å². The van der Waals surface area contributed by atoms with E-state index in [-0.39, 0.29) is 18.2 Å². The summed E-state index contributed by atoms with van der Waals surface area (Å²) in [5.74, 6) is 1.25. The predicted octanol–water partition coefficient (Wildman–Crippen LogP) is 1.74. The maximum atomic E-state index is 14.4. The van der Waals surface area contributed by atoms with Crippen molar-refractivity contribution in [2.24, 2.45) is 0 Å². The van der Waals surface area contributed by atoms with E-state index in [0.29, 0.717) is 23.6 Å². The lowest BCUT2D eigenvalue weighted by molar-refractivity contribution is 0.351. The van der Waals surface area contributed by atoms with Crippen molar-refractivity contribution in [1.29, 1.82) is 0 Å². The van der Waals surface area contributed by atoms with E-state index in [1.165, 1.54) is 25.0 Å². The molecule has 1 atom stereocenters. The maximum Gasteiger partial charge on any atom is 0.346 e. The third kappa shape index (κ3) is 3.46. The number of methoxy groups -OCH3 is 2. The van der Waals surface area contributed by atoms with Crippen LogP contribution in [-0.4, -0.2) is 41.7 Å². The second-order valence-electron chi connectivity index (χ2n) is 6.38. The quantitative estimate of drug-likeness (QED) is 0.845. The highest BCUT2D eigenvalue weighted by Crippen LogP contribution is 2.30. The number of halogens is 1. The van der Waals surface area contributed by atoms with Crippen LogP contribution in [0, 0.1) is 5.82 Å². The molecule has 2 heterocycles. The number of piperidine rings is 1. The Morgan fingerprint density at radius 1 is 1.31 bits per heavy atom. The van der Waals surface area contributed by atoms with Crippen LogP contribution in [0.5, 0.6) is 11.5 Å². The van der Waals surface area contributed by atoms with Gasteiger partial charge in [0, 0.05) is 30.6 Å². The van der Waals surface area contributed by atoms with Gasteiger partial charge in [-0.05, 0) is 32.4 Å². The monoisotopic (exact) mass is 364 g/mol. The molecule has 0 radical (unpaired) electrons. The number of hydrogen-bond acceptors (Lipinski definition) is 5. The van der Waals surface area contributed by atoms with Gasteiger partial charge in [0.15, 0.2) is 11.5 Å². The summed E-state index contributed by atoms with van der Waals surface area (Å²) in [5.41, 5.74) is 0.112. The van der Waals surface area contributed by atoms with Crippen LogP contribution < -0.4 is 20.5 Å². The number of hydrogen-bond donors (Lipinski definition) is 1. The van der Waals surface area contributed by atoms with Crippen LogP contribution in [0.2, 0.25) is 0 Å². The highest BCUT2D eigenvalue weighted by atomic mass is 19.1. The second-order valence-corrected chi connectivity index (χ2v) is 6.38. The van der Waals surface area contributed by atoms with Gasteiger partial charge in [0.2, 0.25) is 0 Å². The zero-order valence-electron chi connectivity index (χ0n) is 15.4. The second kappa shape index (κ2) is 7.90. The molecule has 1 aromatic heterocycles. The van der Waals surface area contributed by atoms with E-state index in [4.69, 9.17) is 9.47 Å². The van der Waals surface area contributed by atoms with E-state index in [2.05, 4.69) is 10.4 Å². The first-order valence-electron chi connectivity index (χ1n) is 8.87. The highest BCUT2D eigenvalue weighted by Gasteiger charge is 2.24. The SMILES string of the molecule is CCn1c([C@@H]2CCCNC2)nn(Cc2cc(OC)c(OC)cc2F)c1=O. The number of rotatable bonds is 6. The first-order chi connectivity index (χ1) is 12.6. The fourth-order valence-corrected chi connectivity index (χ4v) is 3.41. The average molecular weight is 364 g/mol. The topological polar surface area (TPSA) is 70.3 Å². The molecule has 142 valence electrons. The van der Waals surface area contributed by atoms with Crippen molar-refractivity contribution >= 4 is 0 Å². The molecule has 1 fully saturated rings. The van der Waals surface area contributed by atoms with E-state index in [9.17, 15) is 9.18 Å². The Labute approximate surface area is 151 Å². The summed E-state index contributed by atoms with van der Waals surface area (Å²) in [6.07, 6.45) is 2.05. The van der Waals surface area contributed by atoms with E-state index < -0.39 is 5.82 Å². The maximum absolute atomic E-state index is 14.4. The molecular weight excluding hydrogens is 339 g/mol. The van der Waals surface area contributed by atoms with E-state index in [1.807, 2.05) is 6.92 Å². The zero-order chi connectivity index (χ0) is 18.7. The third-order valence-electron chi connectivity index (χ3n) is 4.80. The van der Waals surface area contributed by atoms with Crippen molar-refractivity contribution in [2.75, 3.05) is 27.3 Å². The van der Waals surface area contributed by atoms with Crippen LogP contribution in [0.15, 0.2) is 16.9 Å². The fourth-order valence-electron chi connectivity index (χ4n) is 3.41. The number of nitrogens with one attached hydrogen (secondary N) is 1. The molecule has 1 N–H and O–H groups in total. The Morgan fingerprint density at radius 2 is 2.04 bits per heavy atom. The van der Waals surface area contributed by atoms with Crippen LogP contribution in [-0.2, 0) is 13.1 Å². The van der Waals surface area contributed by atoms with Gasteiger partial charge < -0.3 is 14.8 Å². The minimum absolute atomic E-state index is 0.0468. The summed E-state index contributed by atoms with van der Waals surface area (Å²) in [6, 6.07) is 2.81. The molecule has 1 aliphatic heterocycles. The summed E-state index contributed by atoms with van der Waals surface area (Å²) in [4.78, 5) is 12.7. The lowest BCUT2D eigenvalue weighted by Gasteiger charge is -2.21. The predicted molar refractivity (Wildman–Crippen MR) is 95.6 cm³/mol. The Kier molecular flexibility index (Phi) is 5.61. The van der Waals surface area contributed by atoms with Gasteiger partial charge in [-0.1, -0.05) is 0 Å². The molecule has 1 saturated heterocycles. The molecule has 8 heteroatoms. The molecule has 0 aliphatic carbocycles. The van der Waals surface area contributed by atoms with Gasteiger partial charge in [0.05, 0.1) is 20.8 Å². The molecule has 0 saturated carbocycles.